The van der Waals surface area contributed by atoms with Crippen molar-refractivity contribution in [3.8, 4) is 0 Å². The van der Waals surface area contributed by atoms with E-state index in [0.717, 1.165) is 29.9 Å². The summed E-state index contributed by atoms with van der Waals surface area (Å²) in [5.41, 5.74) is 7.37. The minimum absolute atomic E-state index is 0.0300. The Morgan fingerprint density at radius 3 is 2.95 bits per heavy atom. The molecule has 1 aliphatic rings. The van der Waals surface area contributed by atoms with Gasteiger partial charge in [0.1, 0.15) is 0 Å². The lowest BCUT2D eigenvalue weighted by atomic mass is 9.78. The lowest BCUT2D eigenvalue weighted by Crippen LogP contribution is -2.52. The Kier molecular flexibility index (Phi) is 3.60. The fourth-order valence-electron chi connectivity index (χ4n) is 3.16. The third kappa shape index (κ3) is 2.42. The van der Waals surface area contributed by atoms with Crippen LogP contribution < -0.4 is 5.73 Å². The van der Waals surface area contributed by atoms with Gasteiger partial charge in [-0.1, -0.05) is 19.3 Å². The van der Waals surface area contributed by atoms with Crippen molar-refractivity contribution in [2.75, 3.05) is 7.11 Å². The number of ether oxygens (including phenoxy) is 1. The highest BCUT2D eigenvalue weighted by atomic mass is 32.1. The van der Waals surface area contributed by atoms with Crippen molar-refractivity contribution in [3.05, 3.63) is 23.5 Å². The molecular weight excluding hydrogens is 258 g/mol. The SMILES string of the molecule is COC1(C(N)Cc2cn3ccsc3n2)CCCCC1. The van der Waals surface area contributed by atoms with Crippen molar-refractivity contribution < 1.29 is 4.74 Å². The normalized spacial score (nSPS) is 20.7. The molecule has 3 rings (SSSR count). The zero-order valence-electron chi connectivity index (χ0n) is 11.3. The van der Waals surface area contributed by atoms with E-state index in [1.165, 1.54) is 19.3 Å². The first-order chi connectivity index (χ1) is 9.23. The van der Waals surface area contributed by atoms with Crippen molar-refractivity contribution in [3.63, 3.8) is 0 Å². The van der Waals surface area contributed by atoms with Crippen molar-refractivity contribution in [1.82, 2.24) is 9.38 Å². The van der Waals surface area contributed by atoms with E-state index in [0.29, 0.717) is 0 Å². The Balaban J connectivity index is 1.75. The summed E-state index contributed by atoms with van der Waals surface area (Å²) in [7, 11) is 1.80. The Morgan fingerprint density at radius 1 is 1.47 bits per heavy atom. The summed E-state index contributed by atoms with van der Waals surface area (Å²) in [6.07, 6.45) is 10.8. The lowest BCUT2D eigenvalue weighted by Gasteiger charge is -2.40. The van der Waals surface area contributed by atoms with Crippen molar-refractivity contribution in [2.24, 2.45) is 5.73 Å². The van der Waals surface area contributed by atoms with E-state index in [1.807, 2.05) is 11.6 Å². The number of hydrogen-bond acceptors (Lipinski definition) is 4. The van der Waals surface area contributed by atoms with Crippen LogP contribution in [-0.4, -0.2) is 28.1 Å². The molecule has 19 heavy (non-hydrogen) atoms. The predicted octanol–water partition coefficient (Wildman–Crippen LogP) is 2.61. The molecule has 0 aliphatic heterocycles. The molecule has 0 spiro atoms. The van der Waals surface area contributed by atoms with E-state index in [2.05, 4.69) is 15.6 Å². The Hall–Kier alpha value is -0.910. The van der Waals surface area contributed by atoms with Crippen LogP contribution in [0.25, 0.3) is 4.96 Å². The highest BCUT2D eigenvalue weighted by molar-refractivity contribution is 7.15. The number of nitrogens with two attached hydrogens (primary N) is 1. The van der Waals surface area contributed by atoms with Crippen LogP contribution in [0, 0.1) is 0 Å². The van der Waals surface area contributed by atoms with Gasteiger partial charge in [0.2, 0.25) is 0 Å². The molecule has 2 N–H and O–H groups in total. The Labute approximate surface area is 117 Å². The Morgan fingerprint density at radius 2 is 2.26 bits per heavy atom. The van der Waals surface area contributed by atoms with Gasteiger partial charge >= 0.3 is 0 Å². The quantitative estimate of drug-likeness (QED) is 0.936. The van der Waals surface area contributed by atoms with Crippen LogP contribution in [0.3, 0.4) is 0 Å². The maximum atomic E-state index is 6.45. The molecular formula is C14H21N3OS. The highest BCUT2D eigenvalue weighted by Crippen LogP contribution is 2.34. The minimum atomic E-state index is -0.144. The van der Waals surface area contributed by atoms with Crippen LogP contribution in [0.15, 0.2) is 17.8 Å². The molecule has 1 unspecified atom stereocenters. The van der Waals surface area contributed by atoms with E-state index in [9.17, 15) is 0 Å². The second-order valence-corrected chi connectivity index (χ2v) is 6.34. The van der Waals surface area contributed by atoms with Gasteiger partial charge < -0.3 is 10.5 Å². The molecule has 0 radical (unpaired) electrons. The van der Waals surface area contributed by atoms with Gasteiger partial charge in [0.15, 0.2) is 4.96 Å². The molecule has 104 valence electrons. The summed E-state index contributed by atoms with van der Waals surface area (Å²) in [6.45, 7) is 0. The Bertz CT molecular complexity index is 513. The molecule has 0 aromatic carbocycles. The topological polar surface area (TPSA) is 52.5 Å². The second-order valence-electron chi connectivity index (χ2n) is 5.47. The predicted molar refractivity (Wildman–Crippen MR) is 77.6 cm³/mol. The summed E-state index contributed by atoms with van der Waals surface area (Å²) in [4.78, 5) is 5.66. The van der Waals surface area contributed by atoms with Gasteiger partial charge in [0.25, 0.3) is 0 Å². The first-order valence-electron chi connectivity index (χ1n) is 6.95. The van der Waals surface area contributed by atoms with Crippen LogP contribution in [0.4, 0.5) is 0 Å². The van der Waals surface area contributed by atoms with Gasteiger partial charge in [-0.3, -0.25) is 4.40 Å². The maximum Gasteiger partial charge on any atom is 0.193 e. The molecule has 0 bridgehead atoms. The number of imidazole rings is 1. The van der Waals surface area contributed by atoms with E-state index in [-0.39, 0.29) is 11.6 Å². The number of nitrogens with zero attached hydrogens (tertiary/aromatic N) is 2. The molecule has 1 aliphatic carbocycles. The second kappa shape index (κ2) is 5.23. The first-order valence-corrected chi connectivity index (χ1v) is 7.83. The fourth-order valence-corrected chi connectivity index (χ4v) is 3.88. The van der Waals surface area contributed by atoms with Crippen molar-refractivity contribution in [1.29, 1.82) is 0 Å². The average molecular weight is 279 g/mol. The third-order valence-electron chi connectivity index (χ3n) is 4.35. The molecule has 2 aromatic rings. The summed E-state index contributed by atoms with van der Waals surface area (Å²) in [5, 5.41) is 2.05. The molecule has 4 nitrogen and oxygen atoms in total. The molecule has 1 atom stereocenters. The van der Waals surface area contributed by atoms with Gasteiger partial charge in [-0.05, 0) is 12.8 Å². The monoisotopic (exact) mass is 279 g/mol. The molecule has 1 saturated carbocycles. The van der Waals surface area contributed by atoms with Crippen LogP contribution >= 0.6 is 11.3 Å². The number of aromatic nitrogens is 2. The van der Waals surface area contributed by atoms with Gasteiger partial charge in [-0.25, -0.2) is 4.98 Å². The summed E-state index contributed by atoms with van der Waals surface area (Å²) in [6, 6.07) is 0.0300. The summed E-state index contributed by atoms with van der Waals surface area (Å²) < 4.78 is 7.87. The van der Waals surface area contributed by atoms with Crippen molar-refractivity contribution in [2.45, 2.75) is 50.2 Å². The smallest absolute Gasteiger partial charge is 0.193 e. The van der Waals surface area contributed by atoms with Crippen LogP contribution in [0.5, 0.6) is 0 Å². The lowest BCUT2D eigenvalue weighted by molar-refractivity contribution is -0.0584. The molecule has 5 heteroatoms. The van der Waals surface area contributed by atoms with Crippen LogP contribution in [-0.2, 0) is 11.2 Å². The maximum absolute atomic E-state index is 6.45. The fraction of sp³-hybridized carbons (Fsp3) is 0.643. The number of hydrogen-bond donors (Lipinski definition) is 1. The van der Waals surface area contributed by atoms with Crippen LogP contribution in [0.1, 0.15) is 37.8 Å². The zero-order chi connectivity index (χ0) is 13.3. The minimum Gasteiger partial charge on any atom is -0.377 e. The molecule has 2 heterocycles. The van der Waals surface area contributed by atoms with E-state index >= 15 is 0 Å². The van der Waals surface area contributed by atoms with E-state index in [4.69, 9.17) is 10.5 Å². The molecule has 0 amide bonds. The first kappa shape index (κ1) is 13.1. The number of methoxy groups -OCH3 is 1. The van der Waals surface area contributed by atoms with Crippen molar-refractivity contribution >= 4 is 16.3 Å². The standard InChI is InChI=1S/C14H21N3OS/c1-18-14(5-3-2-4-6-14)12(15)9-11-10-17-7-8-19-13(17)16-11/h7-8,10,12H,2-6,9,15H2,1H3. The van der Waals surface area contributed by atoms with E-state index < -0.39 is 0 Å². The van der Waals surface area contributed by atoms with Gasteiger partial charge in [-0.2, -0.15) is 0 Å². The number of rotatable bonds is 4. The molecule has 2 aromatic heterocycles. The molecule has 0 saturated heterocycles. The van der Waals surface area contributed by atoms with E-state index in [1.54, 1.807) is 18.4 Å². The van der Waals surface area contributed by atoms with Gasteiger partial charge in [-0.15, -0.1) is 11.3 Å². The third-order valence-corrected chi connectivity index (χ3v) is 5.13. The number of thiazole rings is 1. The zero-order valence-corrected chi connectivity index (χ0v) is 12.2. The van der Waals surface area contributed by atoms with Crippen LogP contribution in [0.2, 0.25) is 0 Å². The average Bonchev–Trinajstić information content (AvgIpc) is 3.00. The van der Waals surface area contributed by atoms with Gasteiger partial charge in [0, 0.05) is 37.3 Å². The highest BCUT2D eigenvalue weighted by Gasteiger charge is 2.38. The summed E-state index contributed by atoms with van der Waals surface area (Å²) in [5.74, 6) is 0. The summed E-state index contributed by atoms with van der Waals surface area (Å²) >= 11 is 1.66. The van der Waals surface area contributed by atoms with Gasteiger partial charge in [0.05, 0.1) is 11.3 Å². The molecule has 1 fully saturated rings. The largest absolute Gasteiger partial charge is 0.377 e. The number of fused-ring (bicyclic) bond motifs is 1.